The molecule has 21 heavy (non-hydrogen) atoms. The van der Waals surface area contributed by atoms with Gasteiger partial charge in [-0.25, -0.2) is 0 Å². The number of rotatable bonds is 6. The second kappa shape index (κ2) is 8.43. The van der Waals surface area contributed by atoms with E-state index in [0.29, 0.717) is 26.2 Å². The molecule has 0 atom stereocenters. The van der Waals surface area contributed by atoms with Gasteiger partial charge < -0.3 is 4.74 Å². The summed E-state index contributed by atoms with van der Waals surface area (Å²) in [5.74, 6) is 0. The Bertz CT molecular complexity index is 396. The van der Waals surface area contributed by atoms with Gasteiger partial charge in [0.15, 0.2) is 0 Å². The van der Waals surface area contributed by atoms with Crippen LogP contribution in [-0.4, -0.2) is 81.0 Å². The first-order valence-corrected chi connectivity index (χ1v) is 9.59. The van der Waals surface area contributed by atoms with Gasteiger partial charge in [-0.15, -0.1) is 0 Å². The number of ether oxygens (including phenoxy) is 1. The molecule has 0 aromatic heterocycles. The van der Waals surface area contributed by atoms with E-state index in [4.69, 9.17) is 4.74 Å². The first kappa shape index (κ1) is 17.1. The molecule has 6 nitrogen and oxygen atoms in total. The molecule has 2 saturated heterocycles. The van der Waals surface area contributed by atoms with Gasteiger partial charge in [0.2, 0.25) is 0 Å². The van der Waals surface area contributed by atoms with Gasteiger partial charge in [-0.3, -0.25) is 4.90 Å². The van der Waals surface area contributed by atoms with Crippen LogP contribution in [0, 0.1) is 0 Å². The minimum Gasteiger partial charge on any atom is -0.380 e. The molecule has 2 rings (SSSR count). The Hall–Kier alpha value is -0.210. The highest BCUT2D eigenvalue weighted by atomic mass is 32.2. The monoisotopic (exact) mass is 319 g/mol. The van der Waals surface area contributed by atoms with Gasteiger partial charge in [-0.2, -0.15) is 17.0 Å². The lowest BCUT2D eigenvalue weighted by molar-refractivity contribution is 0.115. The minimum absolute atomic E-state index is 0.602. The molecule has 0 amide bonds. The molecule has 0 aliphatic carbocycles. The van der Waals surface area contributed by atoms with E-state index >= 15 is 0 Å². The maximum absolute atomic E-state index is 12.7. The van der Waals surface area contributed by atoms with E-state index in [2.05, 4.69) is 4.90 Å². The van der Waals surface area contributed by atoms with Crippen LogP contribution in [0.5, 0.6) is 0 Å². The highest BCUT2D eigenvalue weighted by molar-refractivity contribution is 7.86. The zero-order valence-electron chi connectivity index (χ0n) is 13.2. The maximum Gasteiger partial charge on any atom is 0.282 e. The highest BCUT2D eigenvalue weighted by Crippen LogP contribution is 2.18. The predicted molar refractivity (Wildman–Crippen MR) is 83.5 cm³/mol. The lowest BCUT2D eigenvalue weighted by Gasteiger charge is -2.31. The number of nitrogens with zero attached hydrogens (tertiary/aromatic N) is 3. The zero-order chi connectivity index (χ0) is 15.1. The molecular weight excluding hydrogens is 290 g/mol. The molecule has 2 fully saturated rings. The normalized spacial score (nSPS) is 24.0. The molecular formula is C14H29N3O3S. The molecule has 124 valence electrons. The molecule has 0 bridgehead atoms. The summed E-state index contributed by atoms with van der Waals surface area (Å²) in [4.78, 5) is 2.31. The van der Waals surface area contributed by atoms with Crippen LogP contribution in [0.3, 0.4) is 0 Å². The van der Waals surface area contributed by atoms with Gasteiger partial charge in [0, 0.05) is 45.9 Å². The molecule has 2 heterocycles. The van der Waals surface area contributed by atoms with Crippen molar-refractivity contribution in [3.63, 3.8) is 0 Å². The highest BCUT2D eigenvalue weighted by Gasteiger charge is 2.31. The van der Waals surface area contributed by atoms with Gasteiger partial charge in [0.25, 0.3) is 10.2 Å². The van der Waals surface area contributed by atoms with Crippen molar-refractivity contribution in [3.8, 4) is 0 Å². The van der Waals surface area contributed by atoms with E-state index in [1.54, 1.807) is 8.61 Å². The van der Waals surface area contributed by atoms with E-state index in [-0.39, 0.29) is 0 Å². The van der Waals surface area contributed by atoms with Crippen LogP contribution in [0.2, 0.25) is 0 Å². The van der Waals surface area contributed by atoms with E-state index < -0.39 is 10.2 Å². The summed E-state index contributed by atoms with van der Waals surface area (Å²) in [7, 11) is -3.25. The smallest absolute Gasteiger partial charge is 0.282 e. The van der Waals surface area contributed by atoms with Crippen molar-refractivity contribution in [2.45, 2.75) is 32.6 Å². The topological polar surface area (TPSA) is 53.1 Å². The molecule has 0 radical (unpaired) electrons. The van der Waals surface area contributed by atoms with E-state index in [0.717, 1.165) is 58.5 Å². The van der Waals surface area contributed by atoms with Crippen LogP contribution < -0.4 is 0 Å². The van der Waals surface area contributed by atoms with Crippen molar-refractivity contribution in [3.05, 3.63) is 0 Å². The Labute approximate surface area is 129 Å². The van der Waals surface area contributed by atoms with Crippen molar-refractivity contribution in [1.29, 1.82) is 0 Å². The predicted octanol–water partition coefficient (Wildman–Crippen LogP) is 0.761. The fraction of sp³-hybridized carbons (Fsp3) is 1.00. The minimum atomic E-state index is -3.25. The summed E-state index contributed by atoms with van der Waals surface area (Å²) in [6.45, 7) is 8.74. The van der Waals surface area contributed by atoms with Crippen LogP contribution in [0.4, 0.5) is 0 Å². The number of hydrogen-bond donors (Lipinski definition) is 0. The van der Waals surface area contributed by atoms with E-state index in [9.17, 15) is 8.42 Å². The van der Waals surface area contributed by atoms with Crippen LogP contribution in [0.1, 0.15) is 32.6 Å². The van der Waals surface area contributed by atoms with Gasteiger partial charge in [-0.1, -0.05) is 6.42 Å². The van der Waals surface area contributed by atoms with Crippen molar-refractivity contribution < 1.29 is 13.2 Å². The second-order valence-electron chi connectivity index (χ2n) is 5.76. The third-order valence-corrected chi connectivity index (χ3v) is 6.31. The van der Waals surface area contributed by atoms with Crippen molar-refractivity contribution in [2.24, 2.45) is 0 Å². The van der Waals surface area contributed by atoms with Gasteiger partial charge in [0.05, 0.1) is 6.61 Å². The van der Waals surface area contributed by atoms with Crippen LogP contribution in [0.15, 0.2) is 0 Å². The SMILES string of the molecule is CCOCCN1CCCN(S(=O)(=O)N2CCCCC2)CC1. The average molecular weight is 319 g/mol. The van der Waals surface area contributed by atoms with Crippen molar-refractivity contribution >= 4 is 10.2 Å². The number of hydrogen-bond acceptors (Lipinski definition) is 4. The molecule has 0 saturated carbocycles. The Kier molecular flexibility index (Phi) is 6.88. The van der Waals surface area contributed by atoms with Gasteiger partial charge in [0.1, 0.15) is 0 Å². The Morgan fingerprint density at radius 3 is 2.24 bits per heavy atom. The first-order valence-electron chi connectivity index (χ1n) is 8.20. The summed E-state index contributed by atoms with van der Waals surface area (Å²) in [5.41, 5.74) is 0. The lowest BCUT2D eigenvalue weighted by Crippen LogP contribution is -2.47. The van der Waals surface area contributed by atoms with Gasteiger partial charge >= 0.3 is 0 Å². The van der Waals surface area contributed by atoms with Crippen LogP contribution >= 0.6 is 0 Å². The van der Waals surface area contributed by atoms with E-state index in [1.165, 1.54) is 0 Å². The summed E-state index contributed by atoms with van der Waals surface area (Å²) in [6, 6.07) is 0. The standard InChI is InChI=1S/C14H29N3O3S/c1-2-20-14-13-15-7-6-10-17(12-11-15)21(18,19)16-8-4-3-5-9-16/h2-14H2,1H3. The Balaban J connectivity index is 1.86. The maximum atomic E-state index is 12.7. The van der Waals surface area contributed by atoms with Crippen molar-refractivity contribution in [1.82, 2.24) is 13.5 Å². The van der Waals surface area contributed by atoms with Gasteiger partial charge in [-0.05, 0) is 32.7 Å². The van der Waals surface area contributed by atoms with Crippen molar-refractivity contribution in [2.75, 3.05) is 59.0 Å². The summed E-state index contributed by atoms with van der Waals surface area (Å²) in [6.07, 6.45) is 4.04. The Morgan fingerprint density at radius 1 is 0.857 bits per heavy atom. The molecule has 0 aromatic rings. The molecule has 7 heteroatoms. The largest absolute Gasteiger partial charge is 0.380 e. The third kappa shape index (κ3) is 4.89. The quantitative estimate of drug-likeness (QED) is 0.678. The van der Waals surface area contributed by atoms with E-state index in [1.807, 2.05) is 6.92 Å². The average Bonchev–Trinajstić information content (AvgIpc) is 2.75. The third-order valence-electron chi connectivity index (χ3n) is 4.27. The molecule has 2 aliphatic heterocycles. The van der Waals surface area contributed by atoms with Crippen LogP contribution in [0.25, 0.3) is 0 Å². The molecule has 0 spiro atoms. The fourth-order valence-electron chi connectivity index (χ4n) is 3.00. The Morgan fingerprint density at radius 2 is 1.52 bits per heavy atom. The summed E-state index contributed by atoms with van der Waals surface area (Å²) in [5, 5.41) is 0. The fourth-order valence-corrected chi connectivity index (χ4v) is 4.72. The summed E-state index contributed by atoms with van der Waals surface area (Å²) >= 11 is 0. The first-order chi connectivity index (χ1) is 10.1. The molecule has 0 N–H and O–H groups in total. The molecule has 0 aromatic carbocycles. The summed E-state index contributed by atoms with van der Waals surface area (Å²) < 4.78 is 34.1. The number of piperidine rings is 1. The molecule has 2 aliphatic rings. The second-order valence-corrected chi connectivity index (χ2v) is 7.69. The molecule has 0 unspecified atom stereocenters. The lowest BCUT2D eigenvalue weighted by atomic mass is 10.2. The van der Waals surface area contributed by atoms with Crippen LogP contribution in [-0.2, 0) is 14.9 Å². The zero-order valence-corrected chi connectivity index (χ0v) is 14.0.